The molecular weight excluding hydrogens is 190 g/mol. The van der Waals surface area contributed by atoms with Crippen LogP contribution in [0.5, 0.6) is 0 Å². The fraction of sp³-hybridized carbons (Fsp3) is 0.917. The van der Waals surface area contributed by atoms with Crippen LogP contribution in [0.4, 0.5) is 0 Å². The summed E-state index contributed by atoms with van der Waals surface area (Å²) in [5, 5.41) is 0. The van der Waals surface area contributed by atoms with Gasteiger partial charge in [-0.2, -0.15) is 0 Å². The van der Waals surface area contributed by atoms with Crippen LogP contribution in [0.15, 0.2) is 0 Å². The first-order valence-corrected chi connectivity index (χ1v) is 5.97. The average Bonchev–Trinajstić information content (AvgIpc) is 2.22. The van der Waals surface area contributed by atoms with E-state index in [1.807, 2.05) is 6.92 Å². The second-order valence-corrected chi connectivity index (χ2v) is 4.50. The molecule has 1 aliphatic heterocycles. The number of carbonyl (C=O) groups is 1. The van der Waals surface area contributed by atoms with Crippen molar-refractivity contribution in [3.05, 3.63) is 0 Å². The van der Waals surface area contributed by atoms with Crippen molar-refractivity contribution < 1.29 is 9.53 Å². The Morgan fingerprint density at radius 1 is 1.33 bits per heavy atom. The summed E-state index contributed by atoms with van der Waals surface area (Å²) in [6.45, 7) is 9.01. The molecule has 1 aliphatic rings. The molecule has 0 bridgehead atoms. The summed E-state index contributed by atoms with van der Waals surface area (Å²) < 4.78 is 5.37. The minimum Gasteiger partial charge on any atom is -0.380 e. The molecule has 3 nitrogen and oxygen atoms in total. The molecule has 0 amide bonds. The van der Waals surface area contributed by atoms with E-state index >= 15 is 0 Å². The molecule has 0 spiro atoms. The standard InChI is InChI=1S/C12H23NO2/c1-4-15-6-5-13-10(2)7-12(9-14)8-11(13)3/h9-12H,4-8H2,1-3H3/t10-,11-/m0/s1. The summed E-state index contributed by atoms with van der Waals surface area (Å²) in [7, 11) is 0. The molecule has 3 heteroatoms. The zero-order valence-corrected chi connectivity index (χ0v) is 10.1. The summed E-state index contributed by atoms with van der Waals surface area (Å²) in [5.41, 5.74) is 0. The molecular formula is C12H23NO2. The number of rotatable bonds is 5. The number of likely N-dealkylation sites (tertiary alicyclic amines) is 1. The van der Waals surface area contributed by atoms with Crippen molar-refractivity contribution in [1.29, 1.82) is 0 Å². The third kappa shape index (κ3) is 3.58. The number of nitrogens with zero attached hydrogens (tertiary/aromatic N) is 1. The average molecular weight is 213 g/mol. The summed E-state index contributed by atoms with van der Waals surface area (Å²) in [4.78, 5) is 13.2. The Morgan fingerprint density at radius 2 is 1.93 bits per heavy atom. The van der Waals surface area contributed by atoms with Crippen LogP contribution in [0.1, 0.15) is 33.6 Å². The Labute approximate surface area is 92.8 Å². The number of hydrogen-bond acceptors (Lipinski definition) is 3. The van der Waals surface area contributed by atoms with Crippen LogP contribution < -0.4 is 0 Å². The van der Waals surface area contributed by atoms with E-state index in [1.54, 1.807) is 0 Å². The van der Waals surface area contributed by atoms with Gasteiger partial charge in [0.05, 0.1) is 6.61 Å². The monoisotopic (exact) mass is 213 g/mol. The quantitative estimate of drug-likeness (QED) is 0.514. The maximum Gasteiger partial charge on any atom is 0.123 e. The van der Waals surface area contributed by atoms with Gasteiger partial charge < -0.3 is 9.53 Å². The third-order valence-electron chi connectivity index (χ3n) is 3.31. The van der Waals surface area contributed by atoms with Crippen LogP contribution >= 0.6 is 0 Å². The van der Waals surface area contributed by atoms with E-state index in [-0.39, 0.29) is 5.92 Å². The lowest BCUT2D eigenvalue weighted by Gasteiger charge is -2.41. The van der Waals surface area contributed by atoms with Gasteiger partial charge in [-0.1, -0.05) is 0 Å². The molecule has 0 unspecified atom stereocenters. The van der Waals surface area contributed by atoms with Crippen LogP contribution in [0.2, 0.25) is 0 Å². The van der Waals surface area contributed by atoms with Gasteiger partial charge in [-0.05, 0) is 33.6 Å². The second kappa shape index (κ2) is 6.23. The van der Waals surface area contributed by atoms with Gasteiger partial charge in [0.15, 0.2) is 0 Å². The van der Waals surface area contributed by atoms with Crippen molar-refractivity contribution in [3.63, 3.8) is 0 Å². The Bertz CT molecular complexity index is 184. The van der Waals surface area contributed by atoms with Gasteiger partial charge in [-0.25, -0.2) is 0 Å². The normalized spacial score (nSPS) is 32.9. The highest BCUT2D eigenvalue weighted by atomic mass is 16.5. The molecule has 2 atom stereocenters. The van der Waals surface area contributed by atoms with Crippen LogP contribution in [-0.4, -0.2) is 43.0 Å². The third-order valence-corrected chi connectivity index (χ3v) is 3.31. The minimum atomic E-state index is 0.262. The fourth-order valence-electron chi connectivity index (χ4n) is 2.54. The zero-order chi connectivity index (χ0) is 11.3. The molecule has 0 saturated carbocycles. The molecule has 0 aromatic carbocycles. The Hall–Kier alpha value is -0.410. The Balaban J connectivity index is 2.39. The first-order valence-electron chi connectivity index (χ1n) is 5.97. The smallest absolute Gasteiger partial charge is 0.123 e. The van der Waals surface area contributed by atoms with E-state index in [1.165, 1.54) is 0 Å². The lowest BCUT2D eigenvalue weighted by molar-refractivity contribution is -0.113. The van der Waals surface area contributed by atoms with Crippen LogP contribution in [0.3, 0.4) is 0 Å². The number of aldehydes is 1. The van der Waals surface area contributed by atoms with Crippen molar-refractivity contribution in [2.24, 2.45) is 5.92 Å². The number of carbonyl (C=O) groups excluding carboxylic acids is 1. The largest absolute Gasteiger partial charge is 0.380 e. The van der Waals surface area contributed by atoms with Crippen molar-refractivity contribution >= 4 is 6.29 Å². The van der Waals surface area contributed by atoms with Gasteiger partial charge in [0.25, 0.3) is 0 Å². The lowest BCUT2D eigenvalue weighted by Crippen LogP contribution is -2.48. The highest BCUT2D eigenvalue weighted by Crippen LogP contribution is 2.25. The van der Waals surface area contributed by atoms with E-state index in [0.717, 1.165) is 38.9 Å². The van der Waals surface area contributed by atoms with E-state index < -0.39 is 0 Å². The SMILES string of the molecule is CCOCCN1[C@@H](C)CC(C=O)C[C@@H]1C. The van der Waals surface area contributed by atoms with Gasteiger partial charge in [-0.3, -0.25) is 4.90 Å². The zero-order valence-electron chi connectivity index (χ0n) is 10.1. The Kier molecular flexibility index (Phi) is 5.26. The predicted molar refractivity (Wildman–Crippen MR) is 60.9 cm³/mol. The summed E-state index contributed by atoms with van der Waals surface area (Å²) in [6, 6.07) is 1.01. The van der Waals surface area contributed by atoms with Crippen LogP contribution in [-0.2, 0) is 9.53 Å². The molecule has 0 radical (unpaired) electrons. The van der Waals surface area contributed by atoms with Crippen molar-refractivity contribution in [1.82, 2.24) is 4.90 Å². The van der Waals surface area contributed by atoms with Gasteiger partial charge in [0.1, 0.15) is 6.29 Å². The maximum atomic E-state index is 10.8. The van der Waals surface area contributed by atoms with Crippen LogP contribution in [0.25, 0.3) is 0 Å². The van der Waals surface area contributed by atoms with Crippen molar-refractivity contribution in [2.75, 3.05) is 19.8 Å². The molecule has 0 aromatic heterocycles. The highest BCUT2D eigenvalue weighted by Gasteiger charge is 2.29. The first-order chi connectivity index (χ1) is 7.19. The van der Waals surface area contributed by atoms with E-state index in [9.17, 15) is 4.79 Å². The Morgan fingerprint density at radius 3 is 2.40 bits per heavy atom. The van der Waals surface area contributed by atoms with Gasteiger partial charge in [-0.15, -0.1) is 0 Å². The summed E-state index contributed by atoms with van der Waals surface area (Å²) in [6.07, 6.45) is 3.12. The summed E-state index contributed by atoms with van der Waals surface area (Å²) in [5.74, 6) is 0.262. The van der Waals surface area contributed by atoms with Crippen molar-refractivity contribution in [3.8, 4) is 0 Å². The first kappa shape index (κ1) is 12.7. The predicted octanol–water partition coefficient (Wildman–Crippen LogP) is 1.71. The van der Waals surface area contributed by atoms with Crippen molar-refractivity contribution in [2.45, 2.75) is 45.7 Å². The fourth-order valence-corrected chi connectivity index (χ4v) is 2.54. The number of piperidine rings is 1. The highest BCUT2D eigenvalue weighted by molar-refractivity contribution is 5.53. The number of hydrogen-bond donors (Lipinski definition) is 0. The van der Waals surface area contributed by atoms with Gasteiger partial charge >= 0.3 is 0 Å². The molecule has 0 aromatic rings. The number of ether oxygens (including phenoxy) is 1. The molecule has 1 rings (SSSR count). The summed E-state index contributed by atoms with van der Waals surface area (Å²) >= 11 is 0. The molecule has 15 heavy (non-hydrogen) atoms. The second-order valence-electron chi connectivity index (χ2n) is 4.50. The molecule has 0 N–H and O–H groups in total. The minimum absolute atomic E-state index is 0.262. The molecule has 88 valence electrons. The van der Waals surface area contributed by atoms with Gasteiger partial charge in [0, 0.05) is 31.2 Å². The molecule has 1 heterocycles. The lowest BCUT2D eigenvalue weighted by atomic mass is 9.88. The molecule has 1 fully saturated rings. The van der Waals surface area contributed by atoms with Crippen LogP contribution in [0, 0.1) is 5.92 Å². The molecule has 1 saturated heterocycles. The van der Waals surface area contributed by atoms with E-state index in [2.05, 4.69) is 18.7 Å². The van der Waals surface area contributed by atoms with E-state index in [0.29, 0.717) is 12.1 Å². The molecule has 0 aliphatic carbocycles. The van der Waals surface area contributed by atoms with E-state index in [4.69, 9.17) is 4.74 Å². The maximum absolute atomic E-state index is 10.8. The van der Waals surface area contributed by atoms with Gasteiger partial charge in [0.2, 0.25) is 0 Å². The topological polar surface area (TPSA) is 29.5 Å².